The van der Waals surface area contributed by atoms with Crippen molar-refractivity contribution in [2.75, 3.05) is 0 Å². The second kappa shape index (κ2) is 8.00. The molecule has 0 bridgehead atoms. The van der Waals surface area contributed by atoms with Gasteiger partial charge in [0.05, 0.1) is 5.69 Å². The zero-order valence-electron chi connectivity index (χ0n) is 17.5. The highest BCUT2D eigenvalue weighted by molar-refractivity contribution is 5.95. The van der Waals surface area contributed by atoms with Gasteiger partial charge in [-0.05, 0) is 31.0 Å². The molecular formula is C27H22N4. The Hall–Kier alpha value is -4.05. The van der Waals surface area contributed by atoms with Gasteiger partial charge in [-0.2, -0.15) is 5.10 Å². The maximum Gasteiger partial charge on any atom is 0.184 e. The first-order valence-corrected chi connectivity index (χ1v) is 10.3. The zero-order valence-corrected chi connectivity index (χ0v) is 17.5. The van der Waals surface area contributed by atoms with E-state index >= 15 is 0 Å². The number of rotatable bonds is 4. The van der Waals surface area contributed by atoms with Crippen LogP contribution in [-0.2, 0) is 0 Å². The summed E-state index contributed by atoms with van der Waals surface area (Å²) in [5.41, 5.74) is 8.11. The average Bonchev–Trinajstić information content (AvgIpc) is 3.17. The monoisotopic (exact) mass is 402 g/mol. The van der Waals surface area contributed by atoms with Crippen LogP contribution < -0.4 is 0 Å². The van der Waals surface area contributed by atoms with E-state index in [9.17, 15) is 0 Å². The van der Waals surface area contributed by atoms with Crippen LogP contribution >= 0.6 is 0 Å². The number of hydrogen-bond acceptors (Lipinski definition) is 3. The van der Waals surface area contributed by atoms with Crippen LogP contribution in [0.25, 0.3) is 39.3 Å². The van der Waals surface area contributed by atoms with Crippen LogP contribution in [-0.4, -0.2) is 20.0 Å². The van der Waals surface area contributed by atoms with E-state index < -0.39 is 0 Å². The fourth-order valence-corrected chi connectivity index (χ4v) is 3.98. The molecule has 0 spiro atoms. The highest BCUT2D eigenvalue weighted by atomic mass is 15.3. The number of aryl methyl sites for hydroxylation is 2. The van der Waals surface area contributed by atoms with Gasteiger partial charge in [-0.3, -0.25) is 0 Å². The van der Waals surface area contributed by atoms with Crippen LogP contribution in [0.15, 0.2) is 97.1 Å². The van der Waals surface area contributed by atoms with Crippen molar-refractivity contribution in [3.63, 3.8) is 0 Å². The quantitative estimate of drug-likeness (QED) is 0.355. The molecule has 5 aromatic rings. The molecule has 0 saturated carbocycles. The average molecular weight is 403 g/mol. The molecule has 0 unspecified atom stereocenters. The summed E-state index contributed by atoms with van der Waals surface area (Å²) < 4.78 is 1.89. The lowest BCUT2D eigenvalue weighted by molar-refractivity contribution is 0.786. The summed E-state index contributed by atoms with van der Waals surface area (Å²) in [6.07, 6.45) is 0. The van der Waals surface area contributed by atoms with E-state index in [1.54, 1.807) is 0 Å². The fourth-order valence-electron chi connectivity index (χ4n) is 3.98. The minimum absolute atomic E-state index is 0.732. The van der Waals surface area contributed by atoms with Crippen molar-refractivity contribution in [2.24, 2.45) is 0 Å². The lowest BCUT2D eigenvalue weighted by Crippen LogP contribution is -2.09. The third-order valence-corrected chi connectivity index (χ3v) is 5.34. The molecule has 0 fully saturated rings. The Morgan fingerprint density at radius 2 is 1.10 bits per heavy atom. The summed E-state index contributed by atoms with van der Waals surface area (Å²) >= 11 is 0. The van der Waals surface area contributed by atoms with Crippen molar-refractivity contribution in [2.45, 2.75) is 13.8 Å². The molecule has 0 atom stereocenters. The summed E-state index contributed by atoms with van der Waals surface area (Å²) in [5.74, 6) is 0.732. The highest BCUT2D eigenvalue weighted by Gasteiger charge is 2.22. The third-order valence-electron chi connectivity index (χ3n) is 5.34. The van der Waals surface area contributed by atoms with E-state index in [0.717, 1.165) is 50.7 Å². The van der Waals surface area contributed by atoms with Gasteiger partial charge < -0.3 is 0 Å². The Morgan fingerprint density at radius 1 is 0.581 bits per heavy atom. The molecule has 2 heterocycles. The lowest BCUT2D eigenvalue weighted by Gasteiger charge is -2.18. The molecule has 0 N–H and O–H groups in total. The van der Waals surface area contributed by atoms with Crippen molar-refractivity contribution >= 4 is 0 Å². The Morgan fingerprint density at radius 3 is 1.61 bits per heavy atom. The maximum absolute atomic E-state index is 4.73. The second-order valence-electron chi connectivity index (χ2n) is 7.56. The Balaban J connectivity index is 1.92. The van der Waals surface area contributed by atoms with Crippen LogP contribution in [0.2, 0.25) is 0 Å². The molecule has 0 amide bonds. The van der Waals surface area contributed by atoms with Gasteiger partial charge >= 0.3 is 0 Å². The topological polar surface area (TPSA) is 43.6 Å². The number of hydrogen-bond donors (Lipinski definition) is 0. The zero-order chi connectivity index (χ0) is 21.2. The van der Waals surface area contributed by atoms with Gasteiger partial charge in [0.2, 0.25) is 0 Å². The molecular weight excluding hydrogens is 380 g/mol. The minimum Gasteiger partial charge on any atom is -0.217 e. The van der Waals surface area contributed by atoms with Gasteiger partial charge in [0.15, 0.2) is 5.82 Å². The molecule has 3 aromatic carbocycles. The Labute approximate surface area is 181 Å². The third kappa shape index (κ3) is 3.53. The molecule has 0 aliphatic rings. The number of aromatic nitrogens is 4. The molecule has 4 heteroatoms. The minimum atomic E-state index is 0.732. The molecule has 5 rings (SSSR count). The first-order valence-electron chi connectivity index (χ1n) is 10.3. The molecule has 0 aliphatic carbocycles. The van der Waals surface area contributed by atoms with Crippen molar-refractivity contribution in [1.29, 1.82) is 0 Å². The lowest BCUT2D eigenvalue weighted by atomic mass is 9.91. The van der Waals surface area contributed by atoms with Crippen LogP contribution in [0.3, 0.4) is 0 Å². The van der Waals surface area contributed by atoms with E-state index in [2.05, 4.69) is 66.7 Å². The van der Waals surface area contributed by atoms with Gasteiger partial charge in [-0.15, -0.1) is 10.2 Å². The van der Waals surface area contributed by atoms with Crippen LogP contribution in [0.1, 0.15) is 11.4 Å². The predicted molar refractivity (Wildman–Crippen MR) is 125 cm³/mol. The smallest absolute Gasteiger partial charge is 0.184 e. The normalized spacial score (nSPS) is 10.9. The summed E-state index contributed by atoms with van der Waals surface area (Å²) in [6, 6.07) is 33.1. The predicted octanol–water partition coefficient (Wildman–Crippen LogP) is 6.28. The number of benzene rings is 3. The summed E-state index contributed by atoms with van der Waals surface area (Å²) in [6.45, 7) is 4.04. The van der Waals surface area contributed by atoms with Gasteiger partial charge in [0, 0.05) is 22.4 Å². The fraction of sp³-hybridized carbons (Fsp3) is 0.0741. The first-order chi connectivity index (χ1) is 15.2. The van der Waals surface area contributed by atoms with Crippen molar-refractivity contribution in [3.05, 3.63) is 108 Å². The second-order valence-corrected chi connectivity index (χ2v) is 7.56. The summed E-state index contributed by atoms with van der Waals surface area (Å²) in [4.78, 5) is 0. The molecule has 0 radical (unpaired) electrons. The molecule has 0 aliphatic heterocycles. The SMILES string of the molecule is Cc1cc(C)n(-c2nnc(-c3ccccc3)c(-c3ccccc3)c2-c2ccccc2)n1. The summed E-state index contributed by atoms with van der Waals surface area (Å²) in [7, 11) is 0. The van der Waals surface area contributed by atoms with E-state index in [-0.39, 0.29) is 0 Å². The van der Waals surface area contributed by atoms with Crippen molar-refractivity contribution < 1.29 is 0 Å². The largest absolute Gasteiger partial charge is 0.217 e. The standard InChI is InChI=1S/C27H22N4/c1-19-18-20(2)31(30-19)27-25(22-14-8-4-9-15-22)24(21-12-6-3-7-13-21)26(28-29-27)23-16-10-5-11-17-23/h3-18H,1-2H3. The van der Waals surface area contributed by atoms with Gasteiger partial charge in [-0.1, -0.05) is 91.0 Å². The molecule has 2 aromatic heterocycles. The Kier molecular flexibility index (Phi) is 4.89. The molecule has 4 nitrogen and oxygen atoms in total. The van der Waals surface area contributed by atoms with Gasteiger partial charge in [0.25, 0.3) is 0 Å². The maximum atomic E-state index is 4.73. The van der Waals surface area contributed by atoms with Crippen molar-refractivity contribution in [3.8, 4) is 39.3 Å². The first kappa shape index (κ1) is 18.9. The van der Waals surface area contributed by atoms with Crippen LogP contribution in [0, 0.1) is 13.8 Å². The van der Waals surface area contributed by atoms with E-state index in [4.69, 9.17) is 15.3 Å². The van der Waals surface area contributed by atoms with E-state index in [0.29, 0.717) is 0 Å². The van der Waals surface area contributed by atoms with E-state index in [1.807, 2.05) is 48.9 Å². The molecule has 150 valence electrons. The Bertz CT molecular complexity index is 1320. The van der Waals surface area contributed by atoms with Gasteiger partial charge in [-0.25, -0.2) is 4.68 Å². The molecule has 31 heavy (non-hydrogen) atoms. The van der Waals surface area contributed by atoms with Gasteiger partial charge in [0.1, 0.15) is 5.69 Å². The van der Waals surface area contributed by atoms with Crippen LogP contribution in [0.5, 0.6) is 0 Å². The van der Waals surface area contributed by atoms with Crippen LogP contribution in [0.4, 0.5) is 0 Å². The number of nitrogens with zero attached hydrogens (tertiary/aromatic N) is 4. The van der Waals surface area contributed by atoms with E-state index in [1.165, 1.54) is 0 Å². The molecule has 0 saturated heterocycles. The summed E-state index contributed by atoms with van der Waals surface area (Å²) in [5, 5.41) is 14.2. The van der Waals surface area contributed by atoms with Crippen molar-refractivity contribution in [1.82, 2.24) is 20.0 Å². The highest BCUT2D eigenvalue weighted by Crippen LogP contribution is 2.41.